The molecule has 6 rings (SSSR count). The second-order valence-corrected chi connectivity index (χ2v) is 9.16. The van der Waals surface area contributed by atoms with Crippen LogP contribution in [0, 0.1) is 0 Å². The van der Waals surface area contributed by atoms with Crippen LogP contribution in [0.25, 0.3) is 17.0 Å². The smallest absolute Gasteiger partial charge is 0.312 e. The second kappa shape index (κ2) is 8.99. The number of rotatable bonds is 5. The molecular weight excluding hydrogens is 486 g/mol. The molecule has 0 saturated carbocycles. The van der Waals surface area contributed by atoms with E-state index in [2.05, 4.69) is 0 Å². The van der Waals surface area contributed by atoms with E-state index in [1.807, 2.05) is 48.1 Å². The van der Waals surface area contributed by atoms with E-state index in [4.69, 9.17) is 23.7 Å². The van der Waals surface area contributed by atoms with Crippen molar-refractivity contribution in [2.24, 2.45) is 7.05 Å². The number of carbonyl (C=O) groups excluding carboxylic acids is 2. The number of Topliss-reactive ketones (excluding diaryl/α,β-unsaturated/α-hetero) is 1. The number of methoxy groups -OCH3 is 3. The van der Waals surface area contributed by atoms with Gasteiger partial charge >= 0.3 is 5.97 Å². The Morgan fingerprint density at radius 2 is 1.71 bits per heavy atom. The van der Waals surface area contributed by atoms with E-state index in [1.165, 1.54) is 14.2 Å². The molecule has 2 aliphatic heterocycles. The van der Waals surface area contributed by atoms with E-state index in [-0.39, 0.29) is 18.0 Å². The van der Waals surface area contributed by atoms with Crippen LogP contribution in [0.5, 0.6) is 28.7 Å². The van der Waals surface area contributed by atoms with E-state index >= 15 is 0 Å². The maximum absolute atomic E-state index is 13.5. The number of aromatic nitrogens is 1. The number of ether oxygens (including phenoxy) is 5. The van der Waals surface area contributed by atoms with Crippen molar-refractivity contribution in [3.63, 3.8) is 0 Å². The minimum Gasteiger partial charge on any atom is -0.493 e. The molecule has 8 heteroatoms. The maximum Gasteiger partial charge on any atom is 0.312 e. The zero-order valence-corrected chi connectivity index (χ0v) is 21.4. The molecule has 192 valence electrons. The lowest BCUT2D eigenvalue weighted by Crippen LogP contribution is -2.22. The molecule has 3 heterocycles. The highest BCUT2D eigenvalue weighted by Gasteiger charge is 2.40. The fraction of sp³-hybridized carbons (Fsp3) is 0.200. The van der Waals surface area contributed by atoms with Crippen molar-refractivity contribution in [2.45, 2.75) is 12.3 Å². The number of nitrogens with zero attached hydrogens (tertiary/aromatic N) is 1. The largest absolute Gasteiger partial charge is 0.493 e. The van der Waals surface area contributed by atoms with Crippen LogP contribution in [0.4, 0.5) is 0 Å². The third-order valence-electron chi connectivity index (χ3n) is 7.10. The molecule has 2 aliphatic rings. The van der Waals surface area contributed by atoms with Crippen molar-refractivity contribution in [3.05, 3.63) is 82.7 Å². The summed E-state index contributed by atoms with van der Waals surface area (Å²) >= 11 is 0. The number of hydrogen-bond donors (Lipinski definition) is 0. The van der Waals surface area contributed by atoms with Gasteiger partial charge in [-0.2, -0.15) is 0 Å². The topological polar surface area (TPSA) is 85.2 Å². The number of aryl methyl sites for hydroxylation is 1. The van der Waals surface area contributed by atoms with Gasteiger partial charge in [0.25, 0.3) is 0 Å². The molecule has 0 bridgehead atoms. The zero-order valence-electron chi connectivity index (χ0n) is 21.4. The molecule has 0 aliphatic carbocycles. The molecule has 0 amide bonds. The molecular formula is C30H25NO7. The Bertz CT molecular complexity index is 1660. The summed E-state index contributed by atoms with van der Waals surface area (Å²) in [4.78, 5) is 26.1. The van der Waals surface area contributed by atoms with Gasteiger partial charge in [-0.15, -0.1) is 0 Å². The van der Waals surface area contributed by atoms with Gasteiger partial charge in [-0.05, 0) is 30.3 Å². The Labute approximate surface area is 218 Å². The summed E-state index contributed by atoms with van der Waals surface area (Å²) < 4.78 is 30.6. The SMILES string of the molecule is COc1ccc(C2CC(=O)Oc3ccc4c(c32)OC(=Cc2cn(C)c3ccccc23)C4=O)c(OC)c1OC. The Hall–Kier alpha value is -4.72. The van der Waals surface area contributed by atoms with Gasteiger partial charge in [0, 0.05) is 46.8 Å². The minimum absolute atomic E-state index is 0.0369. The standard InChI is InChI=1S/C30H25NO7/c1-31-15-16(17-7-5-6-8-21(17)31)13-24-27(33)19-10-11-22-26(28(19)38-24)20(14-25(32)37-22)18-9-12-23(34-2)30(36-4)29(18)35-3/h5-13,15,20H,14H2,1-4H3. The third kappa shape index (κ3) is 3.52. The van der Waals surface area contributed by atoms with Crippen molar-refractivity contribution < 1.29 is 33.3 Å². The summed E-state index contributed by atoms with van der Waals surface area (Å²) in [6.07, 6.45) is 3.76. The fourth-order valence-electron chi connectivity index (χ4n) is 5.40. The van der Waals surface area contributed by atoms with Gasteiger partial charge in [0.05, 0.1) is 33.3 Å². The molecule has 0 N–H and O–H groups in total. The fourth-order valence-corrected chi connectivity index (χ4v) is 5.40. The van der Waals surface area contributed by atoms with Crippen LogP contribution in [0.3, 0.4) is 0 Å². The van der Waals surface area contributed by atoms with Crippen molar-refractivity contribution in [1.29, 1.82) is 0 Å². The first-order valence-electron chi connectivity index (χ1n) is 12.1. The quantitative estimate of drug-likeness (QED) is 0.205. The Kier molecular flexibility index (Phi) is 5.60. The van der Waals surface area contributed by atoms with Gasteiger partial charge in [0.15, 0.2) is 17.3 Å². The molecule has 0 fully saturated rings. The molecule has 0 spiro atoms. The molecule has 3 aromatic carbocycles. The predicted molar refractivity (Wildman–Crippen MR) is 140 cm³/mol. The number of hydrogen-bond acceptors (Lipinski definition) is 7. The molecule has 4 aromatic rings. The van der Waals surface area contributed by atoms with Gasteiger partial charge in [-0.1, -0.05) is 24.3 Å². The first-order chi connectivity index (χ1) is 18.4. The molecule has 8 nitrogen and oxygen atoms in total. The lowest BCUT2D eigenvalue weighted by atomic mass is 9.84. The van der Waals surface area contributed by atoms with Gasteiger partial charge in [-0.25, -0.2) is 0 Å². The Balaban J connectivity index is 1.49. The lowest BCUT2D eigenvalue weighted by Gasteiger charge is -2.28. The van der Waals surface area contributed by atoms with E-state index in [9.17, 15) is 9.59 Å². The molecule has 38 heavy (non-hydrogen) atoms. The van der Waals surface area contributed by atoms with E-state index in [1.54, 1.807) is 31.4 Å². The lowest BCUT2D eigenvalue weighted by molar-refractivity contribution is -0.135. The van der Waals surface area contributed by atoms with Crippen molar-refractivity contribution in [2.75, 3.05) is 21.3 Å². The number of carbonyl (C=O) groups is 2. The normalized spacial score (nSPS) is 17.2. The zero-order chi connectivity index (χ0) is 26.6. The summed E-state index contributed by atoms with van der Waals surface area (Å²) in [5.41, 5.74) is 3.64. The molecule has 1 aromatic heterocycles. The number of fused-ring (bicyclic) bond motifs is 4. The maximum atomic E-state index is 13.5. The summed E-state index contributed by atoms with van der Waals surface area (Å²) in [7, 11) is 6.56. The number of allylic oxidation sites excluding steroid dienone is 1. The van der Waals surface area contributed by atoms with Crippen LogP contribution in [0.2, 0.25) is 0 Å². The highest BCUT2D eigenvalue weighted by Crippen LogP contribution is 2.53. The van der Waals surface area contributed by atoms with Crippen molar-refractivity contribution >= 4 is 28.7 Å². The van der Waals surface area contributed by atoms with E-state index in [0.717, 1.165) is 16.5 Å². The van der Waals surface area contributed by atoms with Crippen LogP contribution < -0.4 is 23.7 Å². The second-order valence-electron chi connectivity index (χ2n) is 9.16. The molecule has 0 radical (unpaired) electrons. The highest BCUT2D eigenvalue weighted by molar-refractivity contribution is 6.15. The van der Waals surface area contributed by atoms with Gasteiger partial charge in [0.2, 0.25) is 11.5 Å². The Morgan fingerprint density at radius 3 is 2.47 bits per heavy atom. The van der Waals surface area contributed by atoms with Crippen LogP contribution in [-0.2, 0) is 11.8 Å². The van der Waals surface area contributed by atoms with E-state index in [0.29, 0.717) is 45.4 Å². The Morgan fingerprint density at radius 1 is 0.921 bits per heavy atom. The number of para-hydroxylation sites is 1. The van der Waals surface area contributed by atoms with Crippen molar-refractivity contribution in [3.8, 4) is 28.7 Å². The number of benzene rings is 3. The summed E-state index contributed by atoms with van der Waals surface area (Å²) in [6.45, 7) is 0. The van der Waals surface area contributed by atoms with Crippen LogP contribution >= 0.6 is 0 Å². The van der Waals surface area contributed by atoms with Crippen molar-refractivity contribution in [1.82, 2.24) is 4.57 Å². The van der Waals surface area contributed by atoms with Crippen LogP contribution in [0.1, 0.15) is 39.4 Å². The minimum atomic E-state index is -0.499. The molecule has 0 saturated heterocycles. The first kappa shape index (κ1) is 23.7. The highest BCUT2D eigenvalue weighted by atomic mass is 16.5. The van der Waals surface area contributed by atoms with Gasteiger partial charge in [0.1, 0.15) is 11.5 Å². The third-order valence-corrected chi connectivity index (χ3v) is 7.10. The average Bonchev–Trinajstić information content (AvgIpc) is 3.42. The summed E-state index contributed by atoms with van der Waals surface area (Å²) in [5.74, 6) is 1.16. The number of ketones is 1. The van der Waals surface area contributed by atoms with Gasteiger partial charge < -0.3 is 28.3 Å². The van der Waals surface area contributed by atoms with E-state index < -0.39 is 11.9 Å². The molecule has 1 atom stereocenters. The number of esters is 1. The van der Waals surface area contributed by atoms with Crippen LogP contribution in [-0.4, -0.2) is 37.6 Å². The summed E-state index contributed by atoms with van der Waals surface area (Å²) in [6, 6.07) is 14.8. The van der Waals surface area contributed by atoms with Crippen LogP contribution in [0.15, 0.2) is 60.5 Å². The van der Waals surface area contributed by atoms with Gasteiger partial charge in [-0.3, -0.25) is 9.59 Å². The monoisotopic (exact) mass is 511 g/mol. The first-order valence-corrected chi connectivity index (χ1v) is 12.1. The summed E-state index contributed by atoms with van der Waals surface area (Å²) in [5, 5.41) is 1.01. The predicted octanol–water partition coefficient (Wildman–Crippen LogP) is 5.26. The average molecular weight is 512 g/mol. The molecule has 1 unspecified atom stereocenters.